The summed E-state index contributed by atoms with van der Waals surface area (Å²) in [5, 5.41) is 11.5. The number of carbonyl (C=O) groups is 1. The highest BCUT2D eigenvalue weighted by Gasteiger charge is 2.30. The number of amides is 1. The van der Waals surface area contributed by atoms with Gasteiger partial charge in [-0.05, 0) is 6.07 Å². The fourth-order valence-electron chi connectivity index (χ4n) is 1.33. The molecule has 4 heteroatoms. The first-order valence-electron chi connectivity index (χ1n) is 3.69. The summed E-state index contributed by atoms with van der Waals surface area (Å²) in [5.41, 5.74) is 0.782. The van der Waals surface area contributed by atoms with Crippen molar-refractivity contribution in [3.63, 3.8) is 0 Å². The number of rotatable bonds is 1. The maximum atomic E-state index is 11.2. The van der Waals surface area contributed by atoms with E-state index >= 15 is 0 Å². The van der Waals surface area contributed by atoms with E-state index in [0.717, 1.165) is 5.56 Å². The Kier molecular flexibility index (Phi) is 1.55. The summed E-state index contributed by atoms with van der Waals surface area (Å²) in [6.07, 6.45) is 1.61. The SMILES string of the molecule is O=C1Nc2ncccc2C1CO. The zero-order valence-electron chi connectivity index (χ0n) is 6.32. The lowest BCUT2D eigenvalue weighted by atomic mass is 10.0. The first-order chi connectivity index (χ1) is 5.83. The normalized spacial score (nSPS) is 20.4. The van der Waals surface area contributed by atoms with Crippen LogP contribution in [-0.4, -0.2) is 22.6 Å². The quantitative estimate of drug-likeness (QED) is 0.619. The molecular formula is C8H8N2O2. The molecule has 1 aliphatic rings. The molecule has 12 heavy (non-hydrogen) atoms. The van der Waals surface area contributed by atoms with E-state index in [1.165, 1.54) is 0 Å². The van der Waals surface area contributed by atoms with Gasteiger partial charge < -0.3 is 10.4 Å². The lowest BCUT2D eigenvalue weighted by Crippen LogP contribution is -2.14. The van der Waals surface area contributed by atoms with Crippen molar-refractivity contribution in [2.75, 3.05) is 11.9 Å². The van der Waals surface area contributed by atoms with Gasteiger partial charge in [0.25, 0.3) is 0 Å². The minimum atomic E-state index is -0.436. The highest BCUT2D eigenvalue weighted by Crippen LogP contribution is 2.29. The largest absolute Gasteiger partial charge is 0.395 e. The molecule has 2 rings (SSSR count). The monoisotopic (exact) mass is 164 g/mol. The molecule has 1 unspecified atom stereocenters. The second kappa shape index (κ2) is 2.57. The summed E-state index contributed by atoms with van der Waals surface area (Å²) in [7, 11) is 0. The van der Waals surface area contributed by atoms with E-state index in [1.54, 1.807) is 18.3 Å². The number of nitrogens with one attached hydrogen (secondary N) is 1. The molecule has 1 amide bonds. The van der Waals surface area contributed by atoms with Crippen LogP contribution in [0, 0.1) is 0 Å². The summed E-state index contributed by atoms with van der Waals surface area (Å²) in [6, 6.07) is 3.54. The average molecular weight is 164 g/mol. The van der Waals surface area contributed by atoms with Gasteiger partial charge in [0.05, 0.1) is 12.5 Å². The van der Waals surface area contributed by atoms with E-state index in [9.17, 15) is 4.79 Å². The number of aliphatic hydroxyl groups excluding tert-OH is 1. The molecule has 1 aromatic rings. The lowest BCUT2D eigenvalue weighted by molar-refractivity contribution is -0.117. The Morgan fingerprint density at radius 2 is 2.50 bits per heavy atom. The van der Waals surface area contributed by atoms with Gasteiger partial charge in [-0.15, -0.1) is 0 Å². The predicted octanol–water partition coefficient (Wildman–Crippen LogP) is 0.110. The minimum absolute atomic E-state index is 0.162. The Morgan fingerprint density at radius 1 is 1.67 bits per heavy atom. The Morgan fingerprint density at radius 3 is 3.25 bits per heavy atom. The number of pyridine rings is 1. The van der Waals surface area contributed by atoms with Crippen LogP contribution in [0.5, 0.6) is 0 Å². The van der Waals surface area contributed by atoms with Crippen LogP contribution in [0.4, 0.5) is 5.82 Å². The topological polar surface area (TPSA) is 62.2 Å². The Balaban J connectivity index is 2.47. The van der Waals surface area contributed by atoms with Crippen molar-refractivity contribution >= 4 is 11.7 Å². The van der Waals surface area contributed by atoms with Crippen LogP contribution >= 0.6 is 0 Å². The molecule has 62 valence electrons. The molecule has 0 spiro atoms. The number of hydrogen-bond acceptors (Lipinski definition) is 3. The number of fused-ring (bicyclic) bond motifs is 1. The Labute approximate surface area is 69.2 Å². The van der Waals surface area contributed by atoms with Gasteiger partial charge >= 0.3 is 0 Å². The van der Waals surface area contributed by atoms with Crippen LogP contribution in [0.2, 0.25) is 0 Å². The number of aromatic nitrogens is 1. The first kappa shape index (κ1) is 7.24. The molecule has 1 aromatic heterocycles. The third kappa shape index (κ3) is 0.887. The molecule has 0 saturated carbocycles. The highest BCUT2D eigenvalue weighted by molar-refractivity contribution is 6.01. The lowest BCUT2D eigenvalue weighted by Gasteiger charge is -2.01. The van der Waals surface area contributed by atoms with E-state index < -0.39 is 5.92 Å². The smallest absolute Gasteiger partial charge is 0.235 e. The van der Waals surface area contributed by atoms with Crippen molar-refractivity contribution in [3.05, 3.63) is 23.9 Å². The van der Waals surface area contributed by atoms with E-state index in [2.05, 4.69) is 10.3 Å². The minimum Gasteiger partial charge on any atom is -0.395 e. The second-order valence-electron chi connectivity index (χ2n) is 2.67. The predicted molar refractivity (Wildman–Crippen MR) is 42.7 cm³/mol. The molecular weight excluding hydrogens is 156 g/mol. The summed E-state index contributed by atoms with van der Waals surface area (Å²) in [6.45, 7) is -0.162. The zero-order valence-corrected chi connectivity index (χ0v) is 6.32. The van der Waals surface area contributed by atoms with Crippen molar-refractivity contribution in [1.29, 1.82) is 0 Å². The fourth-order valence-corrected chi connectivity index (χ4v) is 1.33. The molecule has 0 aromatic carbocycles. The number of aliphatic hydroxyl groups is 1. The van der Waals surface area contributed by atoms with E-state index in [-0.39, 0.29) is 12.5 Å². The molecule has 0 fully saturated rings. The van der Waals surface area contributed by atoms with Crippen molar-refractivity contribution in [3.8, 4) is 0 Å². The summed E-state index contributed by atoms with van der Waals surface area (Å²) < 4.78 is 0. The first-order valence-corrected chi connectivity index (χ1v) is 3.69. The van der Waals surface area contributed by atoms with Gasteiger partial charge in [-0.2, -0.15) is 0 Å². The highest BCUT2D eigenvalue weighted by atomic mass is 16.3. The molecule has 0 saturated heterocycles. The molecule has 4 nitrogen and oxygen atoms in total. The van der Waals surface area contributed by atoms with Gasteiger partial charge in [-0.1, -0.05) is 6.07 Å². The van der Waals surface area contributed by atoms with Crippen LogP contribution in [-0.2, 0) is 4.79 Å². The van der Waals surface area contributed by atoms with Crippen LogP contribution in [0.15, 0.2) is 18.3 Å². The number of hydrogen-bond donors (Lipinski definition) is 2. The third-order valence-corrected chi connectivity index (χ3v) is 1.96. The van der Waals surface area contributed by atoms with Gasteiger partial charge in [0.15, 0.2) is 0 Å². The Bertz CT molecular complexity index is 325. The van der Waals surface area contributed by atoms with Gasteiger partial charge in [0.2, 0.25) is 5.91 Å². The number of nitrogens with zero attached hydrogens (tertiary/aromatic N) is 1. The van der Waals surface area contributed by atoms with E-state index in [0.29, 0.717) is 5.82 Å². The van der Waals surface area contributed by atoms with Gasteiger partial charge in [0, 0.05) is 11.8 Å². The van der Waals surface area contributed by atoms with Crippen molar-refractivity contribution in [2.45, 2.75) is 5.92 Å². The van der Waals surface area contributed by atoms with Crippen LogP contribution in [0.1, 0.15) is 11.5 Å². The maximum Gasteiger partial charge on any atom is 0.235 e. The molecule has 0 bridgehead atoms. The van der Waals surface area contributed by atoms with Crippen molar-refractivity contribution in [2.24, 2.45) is 0 Å². The van der Waals surface area contributed by atoms with E-state index in [4.69, 9.17) is 5.11 Å². The summed E-state index contributed by atoms with van der Waals surface area (Å²) in [4.78, 5) is 15.1. The molecule has 1 aliphatic heterocycles. The van der Waals surface area contributed by atoms with Crippen molar-refractivity contribution < 1.29 is 9.90 Å². The van der Waals surface area contributed by atoms with Gasteiger partial charge in [-0.3, -0.25) is 4.79 Å². The maximum absolute atomic E-state index is 11.2. The van der Waals surface area contributed by atoms with Crippen LogP contribution < -0.4 is 5.32 Å². The number of carbonyl (C=O) groups excluding carboxylic acids is 1. The second-order valence-corrected chi connectivity index (χ2v) is 2.67. The summed E-state index contributed by atoms with van der Waals surface area (Å²) >= 11 is 0. The molecule has 0 aliphatic carbocycles. The van der Waals surface area contributed by atoms with Gasteiger partial charge in [-0.25, -0.2) is 4.98 Å². The Hall–Kier alpha value is -1.42. The zero-order chi connectivity index (χ0) is 8.55. The van der Waals surface area contributed by atoms with Gasteiger partial charge in [0.1, 0.15) is 5.82 Å². The van der Waals surface area contributed by atoms with E-state index in [1.807, 2.05) is 0 Å². The average Bonchev–Trinajstić information content (AvgIpc) is 2.40. The van der Waals surface area contributed by atoms with Crippen molar-refractivity contribution in [1.82, 2.24) is 4.98 Å². The fraction of sp³-hybridized carbons (Fsp3) is 0.250. The standard InChI is InChI=1S/C8H8N2O2/c11-4-6-5-2-1-3-9-7(5)10-8(6)12/h1-3,6,11H,4H2,(H,9,10,12). The van der Waals surface area contributed by atoms with Crippen LogP contribution in [0.3, 0.4) is 0 Å². The molecule has 2 heterocycles. The molecule has 2 N–H and O–H groups in total. The molecule has 1 atom stereocenters. The summed E-state index contributed by atoms with van der Waals surface area (Å²) in [5.74, 6) is -0.0403. The number of anilines is 1. The third-order valence-electron chi connectivity index (χ3n) is 1.96. The van der Waals surface area contributed by atoms with Crippen LogP contribution in [0.25, 0.3) is 0 Å². The molecule has 0 radical (unpaired) electrons.